The van der Waals surface area contributed by atoms with Crippen LogP contribution in [0.25, 0.3) is 10.2 Å². The number of methoxy groups -OCH3 is 1. The van der Waals surface area contributed by atoms with E-state index in [9.17, 15) is 13.2 Å². The van der Waals surface area contributed by atoms with Crippen molar-refractivity contribution in [3.8, 4) is 5.75 Å². The van der Waals surface area contributed by atoms with Crippen molar-refractivity contribution in [2.24, 2.45) is 0 Å². The van der Waals surface area contributed by atoms with Gasteiger partial charge in [-0.1, -0.05) is 41.7 Å². The highest BCUT2D eigenvalue weighted by Gasteiger charge is 2.29. The standard InChI is InChI=1S/C28H30N4O4S2.ClH/c1-30(2)17-18-32(28-29-26-24(36-3)9-6-10-25(26)37-28)27(33)21-11-13-23(14-12-21)38(34,35)31-16-15-20-7-4-5-8-22(20)19-31;/h4-14H,15-19H2,1-3H3;1H. The van der Waals surface area contributed by atoms with Gasteiger partial charge in [-0.15, -0.1) is 12.4 Å². The number of benzene rings is 3. The summed E-state index contributed by atoms with van der Waals surface area (Å²) in [6.07, 6.45) is 0.680. The van der Waals surface area contributed by atoms with Crippen molar-refractivity contribution < 1.29 is 17.9 Å². The first kappa shape index (κ1) is 29.0. The van der Waals surface area contributed by atoms with Crippen molar-refractivity contribution in [1.29, 1.82) is 0 Å². The van der Waals surface area contributed by atoms with Gasteiger partial charge in [0.25, 0.3) is 5.91 Å². The number of sulfonamides is 1. The summed E-state index contributed by atoms with van der Waals surface area (Å²) >= 11 is 1.42. The van der Waals surface area contributed by atoms with Crippen LogP contribution in [-0.2, 0) is 23.0 Å². The van der Waals surface area contributed by atoms with Gasteiger partial charge in [-0.25, -0.2) is 13.4 Å². The third-order valence-corrected chi connectivity index (χ3v) is 9.58. The lowest BCUT2D eigenvalue weighted by molar-refractivity contribution is 0.0985. The summed E-state index contributed by atoms with van der Waals surface area (Å²) < 4.78 is 34.6. The molecule has 0 saturated heterocycles. The van der Waals surface area contributed by atoms with E-state index in [0.717, 1.165) is 10.3 Å². The molecule has 0 spiro atoms. The van der Waals surface area contributed by atoms with Crippen molar-refractivity contribution in [2.75, 3.05) is 45.7 Å². The zero-order chi connectivity index (χ0) is 26.9. The number of anilines is 1. The molecule has 0 aliphatic carbocycles. The number of fused-ring (bicyclic) bond motifs is 2. The van der Waals surface area contributed by atoms with Crippen molar-refractivity contribution in [3.63, 3.8) is 0 Å². The number of thiazole rings is 1. The maximum absolute atomic E-state index is 13.7. The van der Waals surface area contributed by atoms with Crippen LogP contribution < -0.4 is 9.64 Å². The highest BCUT2D eigenvalue weighted by molar-refractivity contribution is 7.89. The minimum atomic E-state index is -3.69. The van der Waals surface area contributed by atoms with E-state index in [4.69, 9.17) is 9.72 Å². The fraction of sp³-hybridized carbons (Fsp3) is 0.286. The van der Waals surface area contributed by atoms with E-state index < -0.39 is 10.0 Å². The van der Waals surface area contributed by atoms with E-state index in [1.807, 2.05) is 61.5 Å². The quantitative estimate of drug-likeness (QED) is 0.298. The maximum Gasteiger partial charge on any atom is 0.260 e. The molecule has 0 fully saturated rings. The number of aromatic nitrogens is 1. The first-order chi connectivity index (χ1) is 18.3. The second-order valence-electron chi connectivity index (χ2n) is 9.45. The normalized spacial score (nSPS) is 13.6. The Kier molecular flexibility index (Phi) is 8.93. The number of hydrogen-bond acceptors (Lipinski definition) is 7. The number of rotatable bonds is 8. The minimum Gasteiger partial charge on any atom is -0.494 e. The molecule has 3 aromatic carbocycles. The Hall–Kier alpha value is -3.02. The molecule has 0 N–H and O–H groups in total. The SMILES string of the molecule is COc1cccc2sc(N(CCN(C)C)C(=O)c3ccc(S(=O)(=O)N4CCc5ccccc5C4)cc3)nc12.Cl. The number of nitrogens with zero attached hydrogens (tertiary/aromatic N) is 4. The average Bonchev–Trinajstić information content (AvgIpc) is 3.37. The number of carbonyl (C=O) groups is 1. The third-order valence-electron chi connectivity index (χ3n) is 6.67. The average molecular weight is 587 g/mol. The van der Waals surface area contributed by atoms with E-state index in [1.54, 1.807) is 24.1 Å². The molecule has 1 aliphatic heterocycles. The number of hydrogen-bond donors (Lipinski definition) is 0. The minimum absolute atomic E-state index is 0. The summed E-state index contributed by atoms with van der Waals surface area (Å²) in [7, 11) is 1.80. The summed E-state index contributed by atoms with van der Waals surface area (Å²) in [5.41, 5.74) is 3.32. The fourth-order valence-corrected chi connectivity index (χ4v) is 6.95. The van der Waals surface area contributed by atoms with Gasteiger partial charge in [-0.3, -0.25) is 9.69 Å². The highest BCUT2D eigenvalue weighted by Crippen LogP contribution is 2.35. The van der Waals surface area contributed by atoms with Gasteiger partial charge in [0.1, 0.15) is 11.3 Å². The molecule has 0 atom stereocenters. The molecule has 0 saturated carbocycles. The smallest absolute Gasteiger partial charge is 0.260 e. The number of amides is 1. The van der Waals surface area contributed by atoms with Crippen LogP contribution in [0.15, 0.2) is 71.6 Å². The van der Waals surface area contributed by atoms with E-state index in [0.29, 0.717) is 54.6 Å². The number of ether oxygens (including phenoxy) is 1. The first-order valence-corrected chi connectivity index (χ1v) is 14.6. The molecule has 1 aliphatic rings. The second kappa shape index (κ2) is 12.0. The molecule has 1 amide bonds. The van der Waals surface area contributed by atoms with E-state index in [1.165, 1.54) is 33.3 Å². The molecule has 1 aromatic heterocycles. The zero-order valence-electron chi connectivity index (χ0n) is 22.0. The van der Waals surface area contributed by atoms with Gasteiger partial charge < -0.3 is 9.64 Å². The van der Waals surface area contributed by atoms with E-state index in [-0.39, 0.29) is 23.2 Å². The van der Waals surface area contributed by atoms with Gasteiger partial charge in [0.05, 0.1) is 16.7 Å². The molecule has 4 aromatic rings. The Balaban J connectivity index is 0.00000353. The van der Waals surface area contributed by atoms with Crippen molar-refractivity contribution in [1.82, 2.24) is 14.2 Å². The van der Waals surface area contributed by atoms with Crippen LogP contribution >= 0.6 is 23.7 Å². The van der Waals surface area contributed by atoms with Crippen LogP contribution in [0.3, 0.4) is 0 Å². The molecule has 11 heteroatoms. The molecular formula is C28H31ClN4O4S2. The van der Waals surface area contributed by atoms with Gasteiger partial charge in [0.15, 0.2) is 5.13 Å². The molecule has 0 bridgehead atoms. The number of halogens is 1. The van der Waals surface area contributed by atoms with Crippen LogP contribution in [-0.4, -0.2) is 69.4 Å². The molecule has 39 heavy (non-hydrogen) atoms. The largest absolute Gasteiger partial charge is 0.494 e. The molecule has 206 valence electrons. The summed E-state index contributed by atoms with van der Waals surface area (Å²) in [5, 5.41) is 0.569. The first-order valence-electron chi connectivity index (χ1n) is 12.3. The van der Waals surface area contributed by atoms with Gasteiger partial charge in [-0.2, -0.15) is 4.31 Å². The molecular weight excluding hydrogens is 556 g/mol. The predicted octanol–water partition coefficient (Wildman–Crippen LogP) is 4.68. The fourth-order valence-electron chi connectivity index (χ4n) is 4.53. The van der Waals surface area contributed by atoms with Crippen LogP contribution in [0.5, 0.6) is 5.75 Å². The summed E-state index contributed by atoms with van der Waals surface area (Å²) in [6.45, 7) is 1.85. The van der Waals surface area contributed by atoms with Gasteiger partial charge in [0, 0.05) is 31.7 Å². The van der Waals surface area contributed by atoms with Gasteiger partial charge in [-0.05, 0) is 68.0 Å². The van der Waals surface area contributed by atoms with Crippen LogP contribution in [0.1, 0.15) is 21.5 Å². The Labute approximate surface area is 239 Å². The summed E-state index contributed by atoms with van der Waals surface area (Å²) in [4.78, 5) is 22.2. The predicted molar refractivity (Wildman–Crippen MR) is 158 cm³/mol. The van der Waals surface area contributed by atoms with Crippen LogP contribution in [0.4, 0.5) is 5.13 Å². The monoisotopic (exact) mass is 586 g/mol. The van der Waals surface area contributed by atoms with E-state index in [2.05, 4.69) is 0 Å². The number of para-hydroxylation sites is 1. The third kappa shape index (κ3) is 5.95. The summed E-state index contributed by atoms with van der Waals surface area (Å²) in [5.74, 6) is 0.417. The van der Waals surface area contributed by atoms with Crippen molar-refractivity contribution >= 4 is 55.0 Å². The van der Waals surface area contributed by atoms with Gasteiger partial charge >= 0.3 is 0 Å². The Bertz CT molecular complexity index is 1570. The number of carbonyl (C=O) groups excluding carboxylic acids is 1. The molecule has 0 unspecified atom stereocenters. The molecule has 8 nitrogen and oxygen atoms in total. The lowest BCUT2D eigenvalue weighted by Crippen LogP contribution is -2.37. The Morgan fingerprint density at radius 1 is 1.00 bits per heavy atom. The van der Waals surface area contributed by atoms with Crippen molar-refractivity contribution in [2.45, 2.75) is 17.9 Å². The number of likely N-dealkylation sites (N-methyl/N-ethyl adjacent to an activating group) is 1. The van der Waals surface area contributed by atoms with Gasteiger partial charge in [0.2, 0.25) is 10.0 Å². The maximum atomic E-state index is 13.7. The van der Waals surface area contributed by atoms with E-state index >= 15 is 0 Å². The molecule has 5 rings (SSSR count). The zero-order valence-corrected chi connectivity index (χ0v) is 24.5. The lowest BCUT2D eigenvalue weighted by Gasteiger charge is -2.28. The lowest BCUT2D eigenvalue weighted by atomic mass is 10.0. The van der Waals surface area contributed by atoms with Crippen molar-refractivity contribution in [3.05, 3.63) is 83.4 Å². The molecule has 0 radical (unpaired) electrons. The Morgan fingerprint density at radius 3 is 2.41 bits per heavy atom. The molecule has 2 heterocycles. The highest BCUT2D eigenvalue weighted by atomic mass is 35.5. The van der Waals surface area contributed by atoms with Crippen LogP contribution in [0, 0.1) is 0 Å². The summed E-state index contributed by atoms with van der Waals surface area (Å²) in [6, 6.07) is 19.8. The van der Waals surface area contributed by atoms with Crippen LogP contribution in [0.2, 0.25) is 0 Å². The Morgan fingerprint density at radius 2 is 1.72 bits per heavy atom. The topological polar surface area (TPSA) is 83.0 Å². The second-order valence-corrected chi connectivity index (χ2v) is 12.4.